The predicted molar refractivity (Wildman–Crippen MR) is 93.8 cm³/mol. The third-order valence-electron chi connectivity index (χ3n) is 4.95. The predicted octanol–water partition coefficient (Wildman–Crippen LogP) is 3.20. The minimum Gasteiger partial charge on any atom is -0.497 e. The Balaban J connectivity index is 0.00000192. The summed E-state index contributed by atoms with van der Waals surface area (Å²) in [5, 5.41) is 3.29. The lowest BCUT2D eigenvalue weighted by Gasteiger charge is -2.28. The topological polar surface area (TPSA) is 64.3 Å². The Hall–Kier alpha value is -1.26. The van der Waals surface area contributed by atoms with E-state index in [1.165, 1.54) is 18.4 Å². The highest BCUT2D eigenvalue weighted by molar-refractivity contribution is 5.85. The maximum atomic E-state index is 12.6. The van der Waals surface area contributed by atoms with E-state index in [1.54, 1.807) is 7.11 Å². The lowest BCUT2D eigenvalue weighted by Crippen LogP contribution is -2.39. The molecular formula is C18H27ClN2O2. The molecule has 5 heteroatoms. The average Bonchev–Trinajstić information content (AvgIpc) is 3.37. The molecule has 1 amide bonds. The summed E-state index contributed by atoms with van der Waals surface area (Å²) in [6.45, 7) is 0. The molecule has 0 spiro atoms. The number of ether oxygens (including phenoxy) is 1. The number of hydrogen-bond donors (Lipinski definition) is 2. The van der Waals surface area contributed by atoms with Gasteiger partial charge in [-0.1, -0.05) is 18.6 Å². The standard InChI is InChI=1S/C18H26N2O2.ClH/c1-22-16-9-7-13(8-10-16)17(12-5-6-12)20-18(21)14-3-2-4-15(19)11-14;/h7-10,12,14-15,17H,2-6,11,19H2,1H3,(H,20,21);1H. The first kappa shape index (κ1) is 18.1. The van der Waals surface area contributed by atoms with Crippen LogP contribution < -0.4 is 15.8 Å². The lowest BCUT2D eigenvalue weighted by atomic mass is 9.85. The van der Waals surface area contributed by atoms with Gasteiger partial charge in [-0.2, -0.15) is 0 Å². The summed E-state index contributed by atoms with van der Waals surface area (Å²) < 4.78 is 5.21. The van der Waals surface area contributed by atoms with Gasteiger partial charge >= 0.3 is 0 Å². The first-order chi connectivity index (χ1) is 10.7. The number of halogens is 1. The first-order valence-corrected chi connectivity index (χ1v) is 8.37. The van der Waals surface area contributed by atoms with Crippen LogP contribution in [0.5, 0.6) is 5.75 Å². The van der Waals surface area contributed by atoms with Gasteiger partial charge in [0, 0.05) is 12.0 Å². The molecule has 3 unspecified atom stereocenters. The Bertz CT molecular complexity index is 516. The van der Waals surface area contributed by atoms with Gasteiger partial charge in [0.05, 0.1) is 13.2 Å². The molecule has 0 bridgehead atoms. The second-order valence-electron chi connectivity index (χ2n) is 6.72. The number of benzene rings is 1. The zero-order valence-corrected chi connectivity index (χ0v) is 14.5. The van der Waals surface area contributed by atoms with Gasteiger partial charge in [-0.05, 0) is 55.7 Å². The van der Waals surface area contributed by atoms with Gasteiger partial charge in [-0.25, -0.2) is 0 Å². The van der Waals surface area contributed by atoms with E-state index < -0.39 is 0 Å². The Morgan fingerprint density at radius 3 is 2.48 bits per heavy atom. The quantitative estimate of drug-likeness (QED) is 0.866. The third kappa shape index (κ3) is 4.61. The van der Waals surface area contributed by atoms with Gasteiger partial charge in [0.15, 0.2) is 0 Å². The fourth-order valence-corrected chi connectivity index (χ4v) is 3.45. The van der Waals surface area contributed by atoms with Crippen LogP contribution >= 0.6 is 12.4 Å². The van der Waals surface area contributed by atoms with Crippen molar-refractivity contribution in [2.75, 3.05) is 7.11 Å². The summed E-state index contributed by atoms with van der Waals surface area (Å²) in [5.74, 6) is 1.70. The number of amides is 1. The third-order valence-corrected chi connectivity index (χ3v) is 4.95. The van der Waals surface area contributed by atoms with Gasteiger partial charge in [-0.15, -0.1) is 12.4 Å². The van der Waals surface area contributed by atoms with E-state index >= 15 is 0 Å². The van der Waals surface area contributed by atoms with Crippen molar-refractivity contribution in [3.63, 3.8) is 0 Å². The average molecular weight is 339 g/mol. The van der Waals surface area contributed by atoms with Crippen molar-refractivity contribution in [3.05, 3.63) is 29.8 Å². The second kappa shape index (κ2) is 8.02. The molecule has 1 aromatic rings. The van der Waals surface area contributed by atoms with Crippen molar-refractivity contribution in [2.24, 2.45) is 17.6 Å². The van der Waals surface area contributed by atoms with Crippen molar-refractivity contribution in [2.45, 2.75) is 50.6 Å². The van der Waals surface area contributed by atoms with E-state index in [0.717, 1.165) is 31.4 Å². The van der Waals surface area contributed by atoms with Crippen LogP contribution in [0.3, 0.4) is 0 Å². The molecule has 3 rings (SSSR count). The zero-order valence-electron chi connectivity index (χ0n) is 13.7. The summed E-state index contributed by atoms with van der Waals surface area (Å²) in [7, 11) is 1.67. The van der Waals surface area contributed by atoms with Gasteiger partial charge in [0.2, 0.25) is 5.91 Å². The van der Waals surface area contributed by atoms with Crippen LogP contribution in [0.25, 0.3) is 0 Å². The summed E-state index contributed by atoms with van der Waals surface area (Å²) >= 11 is 0. The molecule has 2 fully saturated rings. The van der Waals surface area contributed by atoms with Crippen molar-refractivity contribution >= 4 is 18.3 Å². The molecule has 0 heterocycles. The molecule has 2 aliphatic carbocycles. The minimum absolute atomic E-state index is 0. The van der Waals surface area contributed by atoms with Crippen LogP contribution in [0, 0.1) is 11.8 Å². The number of rotatable bonds is 5. The summed E-state index contributed by atoms with van der Waals surface area (Å²) in [4.78, 5) is 12.6. The van der Waals surface area contributed by atoms with Gasteiger partial charge in [0.25, 0.3) is 0 Å². The fourth-order valence-electron chi connectivity index (χ4n) is 3.45. The zero-order chi connectivity index (χ0) is 15.5. The highest BCUT2D eigenvalue weighted by Gasteiger charge is 2.35. The maximum Gasteiger partial charge on any atom is 0.223 e. The fraction of sp³-hybridized carbons (Fsp3) is 0.611. The second-order valence-corrected chi connectivity index (χ2v) is 6.72. The van der Waals surface area contributed by atoms with Crippen molar-refractivity contribution in [1.29, 1.82) is 0 Å². The van der Waals surface area contributed by atoms with Crippen molar-refractivity contribution < 1.29 is 9.53 Å². The molecule has 2 saturated carbocycles. The monoisotopic (exact) mass is 338 g/mol. The van der Waals surface area contributed by atoms with E-state index in [-0.39, 0.29) is 36.3 Å². The van der Waals surface area contributed by atoms with Crippen molar-refractivity contribution in [1.82, 2.24) is 5.32 Å². The van der Waals surface area contributed by atoms with E-state index in [4.69, 9.17) is 10.5 Å². The minimum atomic E-state index is 0. The van der Waals surface area contributed by atoms with Crippen LogP contribution in [0.4, 0.5) is 0 Å². The van der Waals surface area contributed by atoms with Gasteiger partial charge in [0.1, 0.15) is 5.75 Å². The number of carbonyl (C=O) groups is 1. The van der Waals surface area contributed by atoms with E-state index in [2.05, 4.69) is 17.4 Å². The maximum absolute atomic E-state index is 12.6. The highest BCUT2D eigenvalue weighted by atomic mass is 35.5. The van der Waals surface area contributed by atoms with Gasteiger partial charge in [-0.3, -0.25) is 4.79 Å². The molecule has 2 aliphatic rings. The Morgan fingerprint density at radius 2 is 1.91 bits per heavy atom. The molecule has 3 atom stereocenters. The molecule has 3 N–H and O–H groups in total. The molecule has 23 heavy (non-hydrogen) atoms. The van der Waals surface area contributed by atoms with E-state index in [1.807, 2.05) is 12.1 Å². The van der Waals surface area contributed by atoms with E-state index in [0.29, 0.717) is 5.92 Å². The molecule has 0 radical (unpaired) electrons. The number of nitrogens with one attached hydrogen (secondary N) is 1. The first-order valence-electron chi connectivity index (χ1n) is 8.37. The normalized spacial score (nSPS) is 25.1. The van der Waals surface area contributed by atoms with Gasteiger partial charge < -0.3 is 15.8 Å². The number of carbonyl (C=O) groups excluding carboxylic acids is 1. The van der Waals surface area contributed by atoms with Crippen LogP contribution in [-0.4, -0.2) is 19.1 Å². The SMILES string of the molecule is COc1ccc(C(NC(=O)C2CCCC(N)C2)C2CC2)cc1.Cl. The highest BCUT2D eigenvalue weighted by Crippen LogP contribution is 2.41. The molecule has 128 valence electrons. The molecule has 4 nitrogen and oxygen atoms in total. The molecule has 0 aromatic heterocycles. The summed E-state index contributed by atoms with van der Waals surface area (Å²) in [6, 6.07) is 8.38. The molecule has 0 aliphatic heterocycles. The van der Waals surface area contributed by atoms with Crippen LogP contribution in [0.1, 0.15) is 50.1 Å². The number of nitrogens with two attached hydrogens (primary N) is 1. The van der Waals surface area contributed by atoms with Crippen LogP contribution in [-0.2, 0) is 4.79 Å². The van der Waals surface area contributed by atoms with E-state index in [9.17, 15) is 4.79 Å². The summed E-state index contributed by atoms with van der Waals surface area (Å²) in [6.07, 6.45) is 6.30. The summed E-state index contributed by atoms with van der Waals surface area (Å²) in [5.41, 5.74) is 7.19. The number of methoxy groups -OCH3 is 1. The van der Waals surface area contributed by atoms with Crippen LogP contribution in [0.15, 0.2) is 24.3 Å². The van der Waals surface area contributed by atoms with Crippen molar-refractivity contribution in [3.8, 4) is 5.75 Å². The number of hydrogen-bond acceptors (Lipinski definition) is 3. The molecule has 1 aromatic carbocycles. The smallest absolute Gasteiger partial charge is 0.223 e. The largest absolute Gasteiger partial charge is 0.497 e. The molecule has 0 saturated heterocycles. The van der Waals surface area contributed by atoms with Crippen LogP contribution in [0.2, 0.25) is 0 Å². The lowest BCUT2D eigenvalue weighted by molar-refractivity contribution is -0.127. The Morgan fingerprint density at radius 1 is 1.22 bits per heavy atom. The Kier molecular flexibility index (Phi) is 6.31. The molecular weight excluding hydrogens is 312 g/mol. The Labute approximate surface area is 144 Å².